The van der Waals surface area contributed by atoms with E-state index in [1.54, 1.807) is 13.8 Å². The van der Waals surface area contributed by atoms with E-state index < -0.39 is 18.1 Å². The van der Waals surface area contributed by atoms with Crippen LogP contribution in [0.2, 0.25) is 0 Å². The van der Waals surface area contributed by atoms with Gasteiger partial charge in [0.2, 0.25) is 5.91 Å². The molecule has 0 saturated heterocycles. The van der Waals surface area contributed by atoms with E-state index in [-0.39, 0.29) is 12.2 Å². The standard InChI is InChI=1S/C30H61NO4/c1-6-9-10-11-12-13-14-15-16-17-18-19-20-21-22-23-30(31,34-28(7-2)24-26(4)32)35-29(8-3)25-27(5)33/h15-16,26-29,32-33H,6-14,17-25,31H2,1-5H3. The molecule has 0 bridgehead atoms. The molecule has 4 unspecified atom stereocenters. The fourth-order valence-corrected chi connectivity index (χ4v) is 4.51. The topological polar surface area (TPSA) is 84.9 Å². The molecule has 4 N–H and O–H groups in total. The first-order valence-corrected chi connectivity index (χ1v) is 14.9. The molecule has 5 nitrogen and oxygen atoms in total. The molecular formula is C30H61NO4. The van der Waals surface area contributed by atoms with E-state index in [4.69, 9.17) is 15.2 Å². The highest BCUT2D eigenvalue weighted by Gasteiger charge is 2.33. The number of ether oxygens (including phenoxy) is 2. The Morgan fingerprint density at radius 1 is 0.657 bits per heavy atom. The molecule has 0 spiro atoms. The van der Waals surface area contributed by atoms with Crippen LogP contribution in [0.5, 0.6) is 0 Å². The third-order valence-corrected chi connectivity index (χ3v) is 6.64. The molecule has 0 fully saturated rings. The number of nitrogens with two attached hydrogens (primary N) is 1. The summed E-state index contributed by atoms with van der Waals surface area (Å²) in [7, 11) is 0. The number of hydrogen-bond acceptors (Lipinski definition) is 5. The van der Waals surface area contributed by atoms with Gasteiger partial charge in [0, 0.05) is 6.42 Å². The molecule has 0 radical (unpaired) electrons. The fourth-order valence-electron chi connectivity index (χ4n) is 4.51. The van der Waals surface area contributed by atoms with Crippen LogP contribution >= 0.6 is 0 Å². The van der Waals surface area contributed by atoms with E-state index in [9.17, 15) is 10.2 Å². The first-order valence-electron chi connectivity index (χ1n) is 14.9. The Bertz CT molecular complexity index is 461. The minimum atomic E-state index is -1.18. The predicted molar refractivity (Wildman–Crippen MR) is 149 cm³/mol. The lowest BCUT2D eigenvalue weighted by molar-refractivity contribution is -0.285. The van der Waals surface area contributed by atoms with Crippen molar-refractivity contribution in [1.29, 1.82) is 0 Å². The lowest BCUT2D eigenvalue weighted by Crippen LogP contribution is -2.51. The van der Waals surface area contributed by atoms with Crippen LogP contribution in [0.3, 0.4) is 0 Å². The van der Waals surface area contributed by atoms with E-state index >= 15 is 0 Å². The van der Waals surface area contributed by atoms with Gasteiger partial charge in [0.05, 0.1) is 24.4 Å². The summed E-state index contributed by atoms with van der Waals surface area (Å²) in [6.45, 7) is 9.91. The highest BCUT2D eigenvalue weighted by Crippen LogP contribution is 2.25. The monoisotopic (exact) mass is 499 g/mol. The summed E-state index contributed by atoms with van der Waals surface area (Å²) in [5.41, 5.74) is 6.64. The normalized spacial score (nSPS) is 17.4. The Kier molecular flexibility index (Phi) is 22.4. The van der Waals surface area contributed by atoms with Gasteiger partial charge >= 0.3 is 0 Å². The molecule has 4 atom stereocenters. The molecule has 5 heteroatoms. The molecular weight excluding hydrogens is 438 g/mol. The van der Waals surface area contributed by atoms with Crippen molar-refractivity contribution in [3.63, 3.8) is 0 Å². The van der Waals surface area contributed by atoms with Crippen molar-refractivity contribution >= 4 is 0 Å². The van der Waals surface area contributed by atoms with Crippen molar-refractivity contribution in [2.75, 3.05) is 0 Å². The van der Waals surface area contributed by atoms with E-state index in [1.165, 1.54) is 70.6 Å². The number of rotatable bonds is 25. The highest BCUT2D eigenvalue weighted by molar-refractivity contribution is 4.81. The van der Waals surface area contributed by atoms with E-state index in [0.29, 0.717) is 19.3 Å². The Balaban J connectivity index is 4.30. The summed E-state index contributed by atoms with van der Waals surface area (Å²) in [6, 6.07) is 0. The SMILES string of the molecule is CCCCCCCCC=CCCCCCCCC(N)(OC(CC)CC(C)O)OC(CC)CC(C)O. The Morgan fingerprint density at radius 3 is 1.46 bits per heavy atom. The van der Waals surface area contributed by atoms with Gasteiger partial charge < -0.3 is 19.7 Å². The second kappa shape index (κ2) is 22.7. The molecule has 0 aliphatic rings. The zero-order chi connectivity index (χ0) is 26.4. The average Bonchev–Trinajstić information content (AvgIpc) is 2.80. The third kappa shape index (κ3) is 21.3. The van der Waals surface area contributed by atoms with Crippen LogP contribution in [-0.2, 0) is 9.47 Å². The minimum Gasteiger partial charge on any atom is -0.393 e. The van der Waals surface area contributed by atoms with Crippen molar-refractivity contribution < 1.29 is 19.7 Å². The first-order chi connectivity index (χ1) is 16.8. The molecule has 210 valence electrons. The van der Waals surface area contributed by atoms with Crippen LogP contribution in [-0.4, -0.2) is 40.5 Å². The summed E-state index contributed by atoms with van der Waals surface area (Å²) >= 11 is 0. The van der Waals surface area contributed by atoms with Crippen LogP contribution in [0.25, 0.3) is 0 Å². The van der Waals surface area contributed by atoms with E-state index in [2.05, 4.69) is 19.1 Å². The number of allylic oxidation sites excluding steroid dienone is 2. The smallest absolute Gasteiger partial charge is 0.225 e. The van der Waals surface area contributed by atoms with Gasteiger partial charge in [-0.2, -0.15) is 0 Å². The third-order valence-electron chi connectivity index (χ3n) is 6.64. The van der Waals surface area contributed by atoms with Crippen molar-refractivity contribution in [3.8, 4) is 0 Å². The summed E-state index contributed by atoms with van der Waals surface area (Å²) in [5, 5.41) is 19.6. The van der Waals surface area contributed by atoms with Gasteiger partial charge in [0.25, 0.3) is 0 Å². The molecule has 0 aromatic carbocycles. The molecule has 0 aromatic heterocycles. The summed E-state index contributed by atoms with van der Waals surface area (Å²) in [5.74, 6) is -1.18. The lowest BCUT2D eigenvalue weighted by Gasteiger charge is -2.37. The van der Waals surface area contributed by atoms with Crippen molar-refractivity contribution in [3.05, 3.63) is 12.2 Å². The number of aliphatic hydroxyl groups excluding tert-OH is 2. The molecule has 0 aliphatic heterocycles. The summed E-state index contributed by atoms with van der Waals surface area (Å²) < 4.78 is 12.5. The van der Waals surface area contributed by atoms with E-state index in [0.717, 1.165) is 25.7 Å². The molecule has 0 heterocycles. The predicted octanol–water partition coefficient (Wildman–Crippen LogP) is 7.77. The minimum absolute atomic E-state index is 0.146. The number of aliphatic hydroxyl groups is 2. The zero-order valence-electron chi connectivity index (χ0n) is 24.0. The molecule has 0 aromatic rings. The molecule has 0 rings (SSSR count). The molecule has 0 amide bonds. The second-order valence-corrected chi connectivity index (χ2v) is 10.6. The maximum atomic E-state index is 9.82. The van der Waals surface area contributed by atoms with Crippen molar-refractivity contribution in [2.24, 2.45) is 5.73 Å². The van der Waals surface area contributed by atoms with Gasteiger partial charge in [0.15, 0.2) is 0 Å². The molecule has 0 aliphatic carbocycles. The van der Waals surface area contributed by atoms with Gasteiger partial charge in [-0.15, -0.1) is 0 Å². The quantitative estimate of drug-likeness (QED) is 0.0678. The highest BCUT2D eigenvalue weighted by atomic mass is 16.7. The number of unbranched alkanes of at least 4 members (excludes halogenated alkanes) is 11. The lowest BCUT2D eigenvalue weighted by atomic mass is 10.1. The number of hydrogen-bond donors (Lipinski definition) is 3. The van der Waals surface area contributed by atoms with Gasteiger partial charge in [-0.25, -0.2) is 0 Å². The molecule has 0 saturated carbocycles. The molecule has 35 heavy (non-hydrogen) atoms. The van der Waals surface area contributed by atoms with Crippen LogP contribution in [0.15, 0.2) is 12.2 Å². The van der Waals surface area contributed by atoms with Gasteiger partial charge in [-0.05, 0) is 71.6 Å². The van der Waals surface area contributed by atoms with Gasteiger partial charge in [-0.3, -0.25) is 5.73 Å². The second-order valence-electron chi connectivity index (χ2n) is 10.6. The summed E-state index contributed by atoms with van der Waals surface area (Å²) in [4.78, 5) is 0. The fraction of sp³-hybridized carbons (Fsp3) is 0.933. The van der Waals surface area contributed by atoms with Crippen LogP contribution < -0.4 is 5.73 Å². The average molecular weight is 500 g/mol. The Morgan fingerprint density at radius 2 is 1.06 bits per heavy atom. The van der Waals surface area contributed by atoms with Gasteiger partial charge in [0.1, 0.15) is 0 Å². The van der Waals surface area contributed by atoms with Crippen LogP contribution in [0.4, 0.5) is 0 Å². The largest absolute Gasteiger partial charge is 0.393 e. The van der Waals surface area contributed by atoms with Gasteiger partial charge in [-0.1, -0.05) is 84.3 Å². The Labute approximate surface area is 218 Å². The van der Waals surface area contributed by atoms with Crippen LogP contribution in [0.1, 0.15) is 150 Å². The Hall–Kier alpha value is -0.460. The maximum Gasteiger partial charge on any atom is 0.225 e. The first kappa shape index (κ1) is 34.5. The zero-order valence-corrected chi connectivity index (χ0v) is 24.0. The maximum absolute atomic E-state index is 9.82. The van der Waals surface area contributed by atoms with Crippen molar-refractivity contribution in [1.82, 2.24) is 0 Å². The van der Waals surface area contributed by atoms with Crippen molar-refractivity contribution in [2.45, 2.75) is 181 Å². The summed E-state index contributed by atoms with van der Waals surface area (Å²) in [6.07, 6.45) is 23.1. The van der Waals surface area contributed by atoms with Crippen LogP contribution in [0, 0.1) is 0 Å². The van der Waals surface area contributed by atoms with E-state index in [1.807, 2.05) is 13.8 Å².